The first-order valence-electron chi connectivity index (χ1n) is 9.92. The maximum atomic E-state index is 13.0. The number of hydrogen-bond acceptors (Lipinski definition) is 9. The zero-order chi connectivity index (χ0) is 25.8. The Morgan fingerprint density at radius 1 is 1.23 bits per heavy atom. The van der Waals surface area contributed by atoms with E-state index in [-0.39, 0.29) is 46.8 Å². The molecule has 35 heavy (non-hydrogen) atoms. The molecule has 0 aliphatic carbocycles. The van der Waals surface area contributed by atoms with Gasteiger partial charge < -0.3 is 31.3 Å². The van der Waals surface area contributed by atoms with Crippen LogP contribution in [0.25, 0.3) is 0 Å². The first kappa shape index (κ1) is 25.7. The van der Waals surface area contributed by atoms with E-state index >= 15 is 0 Å². The van der Waals surface area contributed by atoms with Crippen molar-refractivity contribution in [2.75, 3.05) is 29.5 Å². The summed E-state index contributed by atoms with van der Waals surface area (Å²) < 4.78 is 44.0. The van der Waals surface area contributed by atoms with E-state index in [2.05, 4.69) is 31.1 Å². The number of benzene rings is 1. The van der Waals surface area contributed by atoms with Crippen molar-refractivity contribution in [3.63, 3.8) is 0 Å². The number of amides is 2. The maximum Gasteiger partial charge on any atom is 0.418 e. The number of nitrogens with zero attached hydrogens (tertiary/aromatic N) is 3. The van der Waals surface area contributed by atoms with Crippen LogP contribution in [0.5, 0.6) is 0 Å². The fourth-order valence-corrected chi connectivity index (χ4v) is 3.09. The second-order valence-electron chi connectivity index (χ2n) is 7.10. The van der Waals surface area contributed by atoms with Gasteiger partial charge in [0.2, 0.25) is 5.76 Å². The van der Waals surface area contributed by atoms with Crippen molar-refractivity contribution in [2.24, 2.45) is 0 Å². The molecule has 0 fully saturated rings. The minimum absolute atomic E-state index is 0.0624. The third-order valence-corrected chi connectivity index (χ3v) is 4.93. The van der Waals surface area contributed by atoms with E-state index in [0.29, 0.717) is 6.07 Å². The van der Waals surface area contributed by atoms with Crippen LogP contribution >= 0.6 is 11.6 Å². The van der Waals surface area contributed by atoms with Crippen LogP contribution in [-0.2, 0) is 6.18 Å². The molecule has 2 amide bonds. The van der Waals surface area contributed by atoms with E-state index in [0.717, 1.165) is 12.4 Å². The lowest BCUT2D eigenvalue weighted by molar-refractivity contribution is -0.136. The van der Waals surface area contributed by atoms with Crippen LogP contribution in [0.1, 0.15) is 45.3 Å². The van der Waals surface area contributed by atoms with Gasteiger partial charge in [-0.25, -0.2) is 9.97 Å². The summed E-state index contributed by atoms with van der Waals surface area (Å²) in [6.07, 6.45) is -3.58. The highest BCUT2D eigenvalue weighted by Crippen LogP contribution is 2.35. The molecule has 0 saturated heterocycles. The van der Waals surface area contributed by atoms with Crippen LogP contribution in [0.4, 0.5) is 30.4 Å². The lowest BCUT2D eigenvalue weighted by Gasteiger charge is -2.12. The van der Waals surface area contributed by atoms with Crippen LogP contribution in [0.15, 0.2) is 35.1 Å². The maximum absolute atomic E-state index is 13.0. The number of nitrogens with one attached hydrogen (secondary N) is 3. The van der Waals surface area contributed by atoms with Crippen molar-refractivity contribution in [2.45, 2.75) is 19.1 Å². The first-order valence-corrected chi connectivity index (χ1v) is 10.3. The molecule has 3 rings (SSSR count). The van der Waals surface area contributed by atoms with E-state index in [1.54, 1.807) is 6.92 Å². The molecule has 11 nitrogen and oxygen atoms in total. The van der Waals surface area contributed by atoms with Crippen molar-refractivity contribution in [3.8, 4) is 0 Å². The van der Waals surface area contributed by atoms with E-state index in [9.17, 15) is 22.8 Å². The van der Waals surface area contributed by atoms with Gasteiger partial charge in [0.1, 0.15) is 22.9 Å². The Hall–Kier alpha value is -3.91. The predicted molar refractivity (Wildman–Crippen MR) is 119 cm³/mol. The van der Waals surface area contributed by atoms with E-state index in [1.807, 2.05) is 0 Å². The summed E-state index contributed by atoms with van der Waals surface area (Å²) in [6, 6.07) is 3.38. The molecule has 0 unspecified atom stereocenters. The Morgan fingerprint density at radius 2 is 1.97 bits per heavy atom. The summed E-state index contributed by atoms with van der Waals surface area (Å²) in [5.74, 6) is -1.68. The zero-order valence-corrected chi connectivity index (χ0v) is 18.7. The van der Waals surface area contributed by atoms with Gasteiger partial charge in [0, 0.05) is 24.0 Å². The van der Waals surface area contributed by atoms with Crippen LogP contribution < -0.4 is 21.7 Å². The van der Waals surface area contributed by atoms with Gasteiger partial charge in [-0.15, -0.1) is 0 Å². The van der Waals surface area contributed by atoms with Crippen molar-refractivity contribution >= 4 is 40.6 Å². The number of nitrogen functional groups attached to an aromatic ring is 1. The largest absolute Gasteiger partial charge is 0.418 e. The highest BCUT2D eigenvalue weighted by molar-refractivity contribution is 6.35. The molecule has 0 saturated carbocycles. The summed E-state index contributed by atoms with van der Waals surface area (Å²) in [4.78, 5) is 32.7. The molecule has 186 valence electrons. The Bertz CT molecular complexity index is 1240. The number of carbonyl (C=O) groups is 2. The second kappa shape index (κ2) is 10.6. The van der Waals surface area contributed by atoms with Gasteiger partial charge in [0.05, 0.1) is 18.2 Å². The van der Waals surface area contributed by atoms with Crippen molar-refractivity contribution in [3.05, 3.63) is 58.3 Å². The summed E-state index contributed by atoms with van der Waals surface area (Å²) >= 11 is 6.15. The highest BCUT2D eigenvalue weighted by Gasteiger charge is 2.33. The standard InChI is InChI=1S/C20H19ClF3N7O4/c1-9(29-19(34)16-15(21)17(26-4-5-32)28-8-27-16)13-7-14(35-31-13)18(33)30-10-2-3-12(25)11(6-10)20(22,23)24/h2-3,6-9,32H,4-5,25H2,1H3,(H,29,34)(H,30,33)(H,26,27,28)/t9-/m1/s1. The summed E-state index contributed by atoms with van der Waals surface area (Å²) in [6.45, 7) is 1.53. The monoisotopic (exact) mass is 513 g/mol. The van der Waals surface area contributed by atoms with E-state index < -0.39 is 35.3 Å². The van der Waals surface area contributed by atoms with Gasteiger partial charge in [-0.1, -0.05) is 16.8 Å². The third-order valence-electron chi connectivity index (χ3n) is 4.57. The molecule has 6 N–H and O–H groups in total. The lowest BCUT2D eigenvalue weighted by Crippen LogP contribution is -2.28. The number of aromatic nitrogens is 3. The number of nitrogens with two attached hydrogens (primary N) is 1. The minimum Gasteiger partial charge on any atom is -0.398 e. The second-order valence-corrected chi connectivity index (χ2v) is 7.48. The fraction of sp³-hybridized carbons (Fsp3) is 0.250. The number of anilines is 3. The zero-order valence-electron chi connectivity index (χ0n) is 18.0. The van der Waals surface area contributed by atoms with Crippen LogP contribution in [0, 0.1) is 0 Å². The SMILES string of the molecule is C[C@@H](NC(=O)c1ncnc(NCCO)c1Cl)c1cc(C(=O)Nc2ccc(N)c(C(F)(F)F)c2)on1. The molecular weight excluding hydrogens is 495 g/mol. The fourth-order valence-electron chi connectivity index (χ4n) is 2.84. The quantitative estimate of drug-likeness (QED) is 0.284. The Balaban J connectivity index is 1.69. The lowest BCUT2D eigenvalue weighted by atomic mass is 10.1. The average molecular weight is 514 g/mol. The highest BCUT2D eigenvalue weighted by atomic mass is 35.5. The molecule has 2 heterocycles. The molecular formula is C20H19ClF3N7O4. The van der Waals surface area contributed by atoms with Crippen molar-refractivity contribution < 1.29 is 32.4 Å². The molecule has 0 aliphatic heterocycles. The van der Waals surface area contributed by atoms with E-state index in [1.165, 1.54) is 12.1 Å². The van der Waals surface area contributed by atoms with E-state index in [4.69, 9.17) is 27.0 Å². The number of halogens is 4. The van der Waals surface area contributed by atoms with Gasteiger partial charge in [-0.3, -0.25) is 9.59 Å². The molecule has 0 aliphatic rings. The normalized spacial score (nSPS) is 12.2. The minimum atomic E-state index is -4.69. The molecule has 1 atom stereocenters. The third kappa shape index (κ3) is 6.16. The number of alkyl halides is 3. The number of rotatable bonds is 8. The van der Waals surface area contributed by atoms with Gasteiger partial charge >= 0.3 is 6.18 Å². The summed E-state index contributed by atoms with van der Waals surface area (Å²) in [7, 11) is 0. The van der Waals surface area contributed by atoms with Crippen molar-refractivity contribution in [1.29, 1.82) is 0 Å². The molecule has 2 aromatic heterocycles. The number of aliphatic hydroxyl groups is 1. The molecule has 1 aromatic carbocycles. The first-order chi connectivity index (χ1) is 16.5. The van der Waals surface area contributed by atoms with Crippen LogP contribution in [0.2, 0.25) is 5.02 Å². The van der Waals surface area contributed by atoms with Crippen LogP contribution in [0.3, 0.4) is 0 Å². The predicted octanol–water partition coefficient (Wildman–Crippen LogP) is 2.87. The van der Waals surface area contributed by atoms with Gasteiger partial charge in [-0.05, 0) is 25.1 Å². The van der Waals surface area contributed by atoms with Gasteiger partial charge in [0.15, 0.2) is 5.69 Å². The average Bonchev–Trinajstić information content (AvgIpc) is 3.29. The summed E-state index contributed by atoms with van der Waals surface area (Å²) in [5.41, 5.74) is 3.63. The Morgan fingerprint density at radius 3 is 2.66 bits per heavy atom. The van der Waals surface area contributed by atoms with Crippen LogP contribution in [-0.4, -0.2) is 45.2 Å². The topological polar surface area (TPSA) is 168 Å². The molecule has 3 aromatic rings. The molecule has 0 spiro atoms. The Labute approximate surface area is 200 Å². The van der Waals surface area contributed by atoms with Crippen molar-refractivity contribution in [1.82, 2.24) is 20.4 Å². The Kier molecular flexibility index (Phi) is 7.76. The molecule has 0 bridgehead atoms. The molecule has 0 radical (unpaired) electrons. The van der Waals surface area contributed by atoms with Gasteiger partial charge in [-0.2, -0.15) is 13.2 Å². The summed E-state index contributed by atoms with van der Waals surface area (Å²) in [5, 5.41) is 20.2. The molecule has 15 heteroatoms. The smallest absolute Gasteiger partial charge is 0.398 e. The van der Waals surface area contributed by atoms with Gasteiger partial charge in [0.25, 0.3) is 11.8 Å². The number of aliphatic hydroxyl groups excluding tert-OH is 1. The number of carbonyl (C=O) groups excluding carboxylic acids is 2. The number of hydrogen-bond donors (Lipinski definition) is 5.